The zero-order valence-corrected chi connectivity index (χ0v) is 7.10. The summed E-state index contributed by atoms with van der Waals surface area (Å²) >= 11 is 1.71. The van der Waals surface area contributed by atoms with Gasteiger partial charge in [-0.15, -0.1) is 17.5 Å². The van der Waals surface area contributed by atoms with E-state index in [1.54, 1.807) is 11.8 Å². The fraction of sp³-hybridized carbons (Fsp3) is 0.100. The van der Waals surface area contributed by atoms with Crippen molar-refractivity contribution < 1.29 is 0 Å². The second-order valence-corrected chi connectivity index (χ2v) is 2.98. The summed E-state index contributed by atoms with van der Waals surface area (Å²) in [5.74, 6) is 1.00. The second-order valence-electron chi connectivity index (χ2n) is 2.12. The van der Waals surface area contributed by atoms with Crippen molar-refractivity contribution in [3.63, 3.8) is 0 Å². The standard InChI is InChI=1S/C10H10S/c1-2-8-11-9-10-6-4-3-5-7-10/h3-8H,1,9H2. The third-order valence-corrected chi connectivity index (χ3v) is 2.09. The Hall–Kier alpha value is -0.910. The van der Waals surface area contributed by atoms with E-state index in [9.17, 15) is 0 Å². The van der Waals surface area contributed by atoms with Gasteiger partial charge in [0.15, 0.2) is 0 Å². The summed E-state index contributed by atoms with van der Waals surface area (Å²) < 4.78 is 0. The maximum Gasteiger partial charge on any atom is 0.0232 e. The Morgan fingerprint density at radius 3 is 2.73 bits per heavy atom. The zero-order chi connectivity index (χ0) is 7.94. The van der Waals surface area contributed by atoms with Crippen LogP contribution in [0.3, 0.4) is 0 Å². The summed E-state index contributed by atoms with van der Waals surface area (Å²) in [4.78, 5) is 0. The molecule has 0 atom stereocenters. The average molecular weight is 162 g/mol. The lowest BCUT2D eigenvalue weighted by Gasteiger charge is -1.94. The van der Waals surface area contributed by atoms with Gasteiger partial charge in [0.05, 0.1) is 0 Å². The molecule has 0 radical (unpaired) electrons. The largest absolute Gasteiger partial charge is 0.122 e. The molecule has 0 amide bonds. The third-order valence-electron chi connectivity index (χ3n) is 1.26. The van der Waals surface area contributed by atoms with Gasteiger partial charge in [-0.2, -0.15) is 0 Å². The first kappa shape index (κ1) is 8.19. The van der Waals surface area contributed by atoms with Gasteiger partial charge in [0.25, 0.3) is 0 Å². The van der Waals surface area contributed by atoms with Gasteiger partial charge in [0.2, 0.25) is 0 Å². The highest BCUT2D eigenvalue weighted by Crippen LogP contribution is 2.11. The second kappa shape index (κ2) is 4.84. The lowest BCUT2D eigenvalue weighted by molar-refractivity contribution is 1.42. The quantitative estimate of drug-likeness (QED) is 0.615. The molecule has 56 valence electrons. The Morgan fingerprint density at radius 1 is 1.36 bits per heavy atom. The van der Waals surface area contributed by atoms with E-state index >= 15 is 0 Å². The van der Waals surface area contributed by atoms with Gasteiger partial charge < -0.3 is 0 Å². The molecule has 0 aliphatic rings. The molecule has 1 rings (SSSR count). The predicted octanol–water partition coefficient (Wildman–Crippen LogP) is 3.22. The molecular weight excluding hydrogens is 152 g/mol. The highest BCUT2D eigenvalue weighted by atomic mass is 32.2. The van der Waals surface area contributed by atoms with E-state index in [1.165, 1.54) is 5.56 Å². The van der Waals surface area contributed by atoms with Gasteiger partial charge in [-0.1, -0.05) is 36.9 Å². The van der Waals surface area contributed by atoms with Crippen LogP contribution in [0.1, 0.15) is 5.56 Å². The number of rotatable bonds is 3. The summed E-state index contributed by atoms with van der Waals surface area (Å²) in [6.45, 7) is 3.49. The lowest BCUT2D eigenvalue weighted by Crippen LogP contribution is -1.74. The summed E-state index contributed by atoms with van der Waals surface area (Å²) in [7, 11) is 0. The molecule has 0 aliphatic carbocycles. The number of hydrogen-bond acceptors (Lipinski definition) is 1. The molecule has 1 aromatic carbocycles. The summed E-state index contributed by atoms with van der Waals surface area (Å²) in [6, 6.07) is 10.4. The zero-order valence-electron chi connectivity index (χ0n) is 6.29. The van der Waals surface area contributed by atoms with Crippen molar-refractivity contribution in [2.45, 2.75) is 5.75 Å². The van der Waals surface area contributed by atoms with E-state index in [2.05, 4.69) is 24.4 Å². The molecule has 0 N–H and O–H groups in total. The van der Waals surface area contributed by atoms with Crippen molar-refractivity contribution in [2.24, 2.45) is 0 Å². The van der Waals surface area contributed by atoms with Crippen molar-refractivity contribution in [3.8, 4) is 0 Å². The Labute approximate surface area is 71.6 Å². The molecule has 0 aromatic heterocycles. The third kappa shape index (κ3) is 3.13. The molecule has 1 heteroatoms. The summed E-state index contributed by atoms with van der Waals surface area (Å²) in [5.41, 5.74) is 4.06. The molecule has 0 fully saturated rings. The Morgan fingerprint density at radius 2 is 2.09 bits per heavy atom. The summed E-state index contributed by atoms with van der Waals surface area (Å²) in [5, 5.41) is 1.88. The van der Waals surface area contributed by atoms with E-state index in [-0.39, 0.29) is 0 Å². The predicted molar refractivity (Wildman–Crippen MR) is 51.4 cm³/mol. The molecule has 0 bridgehead atoms. The van der Waals surface area contributed by atoms with Crippen LogP contribution in [-0.4, -0.2) is 0 Å². The van der Waals surface area contributed by atoms with Gasteiger partial charge in [-0.25, -0.2) is 0 Å². The van der Waals surface area contributed by atoms with Gasteiger partial charge in [-0.05, 0) is 5.56 Å². The first-order chi connectivity index (χ1) is 5.43. The molecule has 0 saturated carbocycles. The SMILES string of the molecule is C=C=CSCc1ccccc1. The molecule has 1 aromatic rings. The molecule has 0 unspecified atom stereocenters. The van der Waals surface area contributed by atoms with Gasteiger partial charge in [0, 0.05) is 11.2 Å². The average Bonchev–Trinajstić information content (AvgIpc) is 2.07. The highest BCUT2D eigenvalue weighted by molar-refractivity contribution is 8.01. The maximum absolute atomic E-state index is 3.49. The fourth-order valence-corrected chi connectivity index (χ4v) is 1.36. The Bertz CT molecular complexity index is 245. The van der Waals surface area contributed by atoms with E-state index in [0.29, 0.717) is 0 Å². The van der Waals surface area contributed by atoms with Crippen molar-refractivity contribution >= 4 is 11.8 Å². The Kier molecular flexibility index (Phi) is 3.60. The number of hydrogen-bond donors (Lipinski definition) is 0. The molecule has 11 heavy (non-hydrogen) atoms. The molecule has 0 heterocycles. The number of thioether (sulfide) groups is 1. The van der Waals surface area contributed by atoms with Crippen LogP contribution in [-0.2, 0) is 5.75 Å². The van der Waals surface area contributed by atoms with Crippen molar-refractivity contribution in [2.75, 3.05) is 0 Å². The lowest BCUT2D eigenvalue weighted by atomic mass is 10.2. The van der Waals surface area contributed by atoms with Crippen LogP contribution in [0, 0.1) is 0 Å². The van der Waals surface area contributed by atoms with Crippen LogP contribution in [0.5, 0.6) is 0 Å². The van der Waals surface area contributed by atoms with Crippen LogP contribution in [0.4, 0.5) is 0 Å². The minimum atomic E-state index is 1.00. The minimum Gasteiger partial charge on any atom is -0.122 e. The molecule has 0 aliphatic heterocycles. The van der Waals surface area contributed by atoms with Crippen molar-refractivity contribution in [1.82, 2.24) is 0 Å². The van der Waals surface area contributed by atoms with E-state index < -0.39 is 0 Å². The van der Waals surface area contributed by atoms with Crippen LogP contribution >= 0.6 is 11.8 Å². The van der Waals surface area contributed by atoms with Gasteiger partial charge >= 0.3 is 0 Å². The van der Waals surface area contributed by atoms with Crippen LogP contribution < -0.4 is 0 Å². The van der Waals surface area contributed by atoms with E-state index in [1.807, 2.05) is 23.6 Å². The molecule has 0 saturated heterocycles. The van der Waals surface area contributed by atoms with E-state index in [0.717, 1.165) is 5.75 Å². The molecule has 0 nitrogen and oxygen atoms in total. The maximum atomic E-state index is 3.49. The van der Waals surface area contributed by atoms with Crippen molar-refractivity contribution in [1.29, 1.82) is 0 Å². The Balaban J connectivity index is 2.45. The van der Waals surface area contributed by atoms with Crippen LogP contribution in [0.25, 0.3) is 0 Å². The monoisotopic (exact) mass is 162 g/mol. The number of benzene rings is 1. The molecular formula is C10H10S. The first-order valence-corrected chi connectivity index (χ1v) is 4.48. The van der Waals surface area contributed by atoms with Crippen molar-refractivity contribution in [3.05, 3.63) is 53.6 Å². The van der Waals surface area contributed by atoms with Crippen LogP contribution in [0.15, 0.2) is 48.1 Å². The fourth-order valence-electron chi connectivity index (χ4n) is 0.771. The van der Waals surface area contributed by atoms with Gasteiger partial charge in [0.1, 0.15) is 0 Å². The summed E-state index contributed by atoms with van der Waals surface area (Å²) in [6.07, 6.45) is 0. The normalized spacial score (nSPS) is 8.73. The van der Waals surface area contributed by atoms with Crippen LogP contribution in [0.2, 0.25) is 0 Å². The minimum absolute atomic E-state index is 1.00. The van der Waals surface area contributed by atoms with Gasteiger partial charge in [-0.3, -0.25) is 0 Å². The topological polar surface area (TPSA) is 0 Å². The smallest absolute Gasteiger partial charge is 0.0232 e. The van der Waals surface area contributed by atoms with E-state index in [4.69, 9.17) is 0 Å². The highest BCUT2D eigenvalue weighted by Gasteiger charge is 1.86. The molecule has 0 spiro atoms. The first-order valence-electron chi connectivity index (χ1n) is 3.43.